The van der Waals surface area contributed by atoms with Crippen LogP contribution in [-0.4, -0.2) is 0 Å². The van der Waals surface area contributed by atoms with Gasteiger partial charge >= 0.3 is 0 Å². The lowest BCUT2D eigenvalue weighted by Gasteiger charge is -2.20. The Labute approximate surface area is 186 Å². The van der Waals surface area contributed by atoms with Crippen LogP contribution in [0.3, 0.4) is 0 Å². The van der Waals surface area contributed by atoms with Gasteiger partial charge in [-0.1, -0.05) is 108 Å². The molecule has 0 aliphatic heterocycles. The van der Waals surface area contributed by atoms with Crippen molar-refractivity contribution in [3.05, 3.63) is 76.9 Å². The summed E-state index contributed by atoms with van der Waals surface area (Å²) in [6, 6.07) is 14.1. The number of rotatable bonds is 8. The van der Waals surface area contributed by atoms with Crippen molar-refractivity contribution >= 4 is 5.57 Å². The first-order valence-electron chi connectivity index (χ1n) is 12.2. The zero-order valence-electron chi connectivity index (χ0n) is 20.2. The van der Waals surface area contributed by atoms with Gasteiger partial charge in [0, 0.05) is 0 Å². The van der Waals surface area contributed by atoms with E-state index < -0.39 is 0 Å². The molecule has 1 aliphatic rings. The normalized spacial score (nSPS) is 15.4. The van der Waals surface area contributed by atoms with Crippen molar-refractivity contribution in [2.75, 3.05) is 0 Å². The van der Waals surface area contributed by atoms with Gasteiger partial charge in [-0.3, -0.25) is 0 Å². The molecule has 0 saturated heterocycles. The van der Waals surface area contributed by atoms with Crippen molar-refractivity contribution in [1.29, 1.82) is 0 Å². The minimum Gasteiger partial charge on any atom is -0.0808 e. The predicted molar refractivity (Wildman–Crippen MR) is 136 cm³/mol. The standard InChI is InChI=1S/C28H36.C2H6/c1-5-7-9-25-19-28(24-17-13-22(4)14-18-24)26(10-8-6-2)20-27(25)23-15-11-21(3)12-16-23;1-2/h11-13,15-20,22H,5-10,14H2,1-4H3;1-2H3. The second kappa shape index (κ2) is 12.6. The third-order valence-corrected chi connectivity index (χ3v) is 5.92. The summed E-state index contributed by atoms with van der Waals surface area (Å²) in [5.74, 6) is 0.661. The van der Waals surface area contributed by atoms with Crippen LogP contribution in [0.15, 0.2) is 54.6 Å². The monoisotopic (exact) mass is 402 g/mol. The maximum Gasteiger partial charge on any atom is -0.0149 e. The summed E-state index contributed by atoms with van der Waals surface area (Å²) >= 11 is 0. The fourth-order valence-electron chi connectivity index (χ4n) is 4.04. The second-order valence-electron chi connectivity index (χ2n) is 8.47. The molecule has 0 nitrogen and oxygen atoms in total. The first-order chi connectivity index (χ1) is 14.6. The Balaban J connectivity index is 0.00000155. The van der Waals surface area contributed by atoms with Crippen LogP contribution < -0.4 is 0 Å². The zero-order chi connectivity index (χ0) is 21.9. The summed E-state index contributed by atoms with van der Waals surface area (Å²) in [6.07, 6.45) is 15.6. The molecule has 0 radical (unpaired) electrons. The van der Waals surface area contributed by atoms with E-state index in [0.717, 1.165) is 12.8 Å². The lowest BCUT2D eigenvalue weighted by Crippen LogP contribution is -2.02. The van der Waals surface area contributed by atoms with Crippen molar-refractivity contribution < 1.29 is 0 Å². The molecule has 0 spiro atoms. The Morgan fingerprint density at radius 1 is 0.833 bits per heavy atom. The number of benzene rings is 2. The van der Waals surface area contributed by atoms with Gasteiger partial charge in [-0.2, -0.15) is 0 Å². The summed E-state index contributed by atoms with van der Waals surface area (Å²) in [4.78, 5) is 0. The van der Waals surface area contributed by atoms with Crippen molar-refractivity contribution in [3.63, 3.8) is 0 Å². The van der Waals surface area contributed by atoms with Gasteiger partial charge in [0.1, 0.15) is 0 Å². The van der Waals surface area contributed by atoms with E-state index in [-0.39, 0.29) is 0 Å². The molecule has 3 rings (SSSR count). The maximum absolute atomic E-state index is 2.52. The first kappa shape index (κ1) is 24.2. The molecule has 30 heavy (non-hydrogen) atoms. The minimum atomic E-state index is 0.661. The molecule has 0 heteroatoms. The van der Waals surface area contributed by atoms with Gasteiger partial charge < -0.3 is 0 Å². The molecule has 2 aromatic carbocycles. The quantitative estimate of drug-likeness (QED) is 0.412. The molecule has 0 fully saturated rings. The Hall–Kier alpha value is -2.08. The van der Waals surface area contributed by atoms with Gasteiger partial charge in [-0.25, -0.2) is 0 Å². The third kappa shape index (κ3) is 6.46. The highest BCUT2D eigenvalue weighted by Crippen LogP contribution is 2.34. The van der Waals surface area contributed by atoms with Crippen LogP contribution in [0.2, 0.25) is 0 Å². The largest absolute Gasteiger partial charge is 0.0808 e. The molecule has 0 N–H and O–H groups in total. The van der Waals surface area contributed by atoms with Gasteiger partial charge in [0.2, 0.25) is 0 Å². The highest BCUT2D eigenvalue weighted by atomic mass is 14.2. The molecular formula is C30H42. The summed E-state index contributed by atoms with van der Waals surface area (Å²) in [5, 5.41) is 0. The van der Waals surface area contributed by atoms with Crippen LogP contribution in [0.1, 0.15) is 89.0 Å². The summed E-state index contributed by atoms with van der Waals surface area (Å²) in [5.41, 5.74) is 10.1. The van der Waals surface area contributed by atoms with Crippen molar-refractivity contribution in [1.82, 2.24) is 0 Å². The molecule has 1 unspecified atom stereocenters. The van der Waals surface area contributed by atoms with E-state index in [1.54, 1.807) is 0 Å². The number of hydrogen-bond acceptors (Lipinski definition) is 0. The Morgan fingerprint density at radius 2 is 1.40 bits per heavy atom. The molecule has 1 aliphatic carbocycles. The average molecular weight is 403 g/mol. The van der Waals surface area contributed by atoms with Crippen LogP contribution in [0.5, 0.6) is 0 Å². The van der Waals surface area contributed by atoms with Gasteiger partial charge in [0.25, 0.3) is 0 Å². The molecule has 1 atom stereocenters. The number of unbranched alkanes of at least 4 members (excludes halogenated alkanes) is 2. The fourth-order valence-corrected chi connectivity index (χ4v) is 4.04. The zero-order valence-corrected chi connectivity index (χ0v) is 20.2. The van der Waals surface area contributed by atoms with E-state index in [4.69, 9.17) is 0 Å². The minimum absolute atomic E-state index is 0.661. The molecular weight excluding hydrogens is 360 g/mol. The lowest BCUT2D eigenvalue weighted by atomic mass is 9.85. The number of allylic oxidation sites excluding steroid dienone is 4. The van der Waals surface area contributed by atoms with E-state index >= 15 is 0 Å². The van der Waals surface area contributed by atoms with Crippen molar-refractivity contribution in [2.45, 2.75) is 86.5 Å². The summed E-state index contributed by atoms with van der Waals surface area (Å²) in [6.45, 7) is 13.0. The highest BCUT2D eigenvalue weighted by Gasteiger charge is 2.15. The van der Waals surface area contributed by atoms with Crippen LogP contribution in [0.4, 0.5) is 0 Å². The van der Waals surface area contributed by atoms with Crippen molar-refractivity contribution in [3.8, 4) is 11.1 Å². The smallest absolute Gasteiger partial charge is 0.0149 e. The van der Waals surface area contributed by atoms with E-state index in [0.29, 0.717) is 5.92 Å². The predicted octanol–water partition coefficient (Wildman–Crippen LogP) is 9.35. The Bertz CT molecular complexity index is 833. The topological polar surface area (TPSA) is 0 Å². The van der Waals surface area contributed by atoms with Gasteiger partial charge in [-0.05, 0) is 78.3 Å². The Morgan fingerprint density at radius 3 is 1.93 bits per heavy atom. The second-order valence-corrected chi connectivity index (χ2v) is 8.47. The summed E-state index contributed by atoms with van der Waals surface area (Å²) in [7, 11) is 0. The number of hydrogen-bond donors (Lipinski definition) is 0. The first-order valence-corrected chi connectivity index (χ1v) is 12.2. The maximum atomic E-state index is 2.52. The van der Waals surface area contributed by atoms with Crippen LogP contribution >= 0.6 is 0 Å². The van der Waals surface area contributed by atoms with Crippen LogP contribution in [0, 0.1) is 12.8 Å². The van der Waals surface area contributed by atoms with E-state index in [2.05, 4.69) is 82.3 Å². The molecule has 162 valence electrons. The molecule has 2 aromatic rings. The van der Waals surface area contributed by atoms with Crippen molar-refractivity contribution in [2.24, 2.45) is 5.92 Å². The fraction of sp³-hybridized carbons (Fsp3) is 0.467. The lowest BCUT2D eigenvalue weighted by molar-refractivity contribution is 0.738. The van der Waals surface area contributed by atoms with Crippen LogP contribution in [-0.2, 0) is 12.8 Å². The molecule has 0 bridgehead atoms. The third-order valence-electron chi connectivity index (χ3n) is 5.92. The van der Waals surface area contributed by atoms with Gasteiger partial charge in [0.05, 0.1) is 0 Å². The average Bonchev–Trinajstić information content (AvgIpc) is 2.78. The molecule has 0 aromatic heterocycles. The van der Waals surface area contributed by atoms with E-state index in [1.807, 2.05) is 13.8 Å². The molecule has 0 amide bonds. The van der Waals surface area contributed by atoms with E-state index in [1.165, 1.54) is 71.1 Å². The SMILES string of the molecule is CC.CCCCc1cc(-c2ccc(C)cc2)c(CCCC)cc1C1=CCC(C)C=C1. The van der Waals surface area contributed by atoms with Gasteiger partial charge in [-0.15, -0.1) is 0 Å². The molecule has 0 saturated carbocycles. The van der Waals surface area contributed by atoms with Crippen LogP contribution in [0.25, 0.3) is 16.7 Å². The Kier molecular flexibility index (Phi) is 10.1. The van der Waals surface area contributed by atoms with Gasteiger partial charge in [0.15, 0.2) is 0 Å². The van der Waals surface area contributed by atoms with E-state index in [9.17, 15) is 0 Å². The molecule has 0 heterocycles. The number of aryl methyl sites for hydroxylation is 3. The summed E-state index contributed by atoms with van der Waals surface area (Å²) < 4.78 is 0. The highest BCUT2D eigenvalue weighted by molar-refractivity contribution is 5.81.